The van der Waals surface area contributed by atoms with Crippen molar-refractivity contribution < 1.29 is 24.1 Å². The van der Waals surface area contributed by atoms with Crippen LogP contribution in [-0.2, 0) is 18.2 Å². The van der Waals surface area contributed by atoms with E-state index >= 15 is 0 Å². The smallest absolute Gasteiger partial charge is 0.411 e. The molecule has 1 aliphatic rings. The van der Waals surface area contributed by atoms with E-state index in [9.17, 15) is 9.90 Å². The third-order valence-electron chi connectivity index (χ3n) is 5.86. The highest BCUT2D eigenvalue weighted by Gasteiger charge is 2.33. The zero-order valence-electron chi connectivity index (χ0n) is 20.5. The first-order valence-electron chi connectivity index (χ1n) is 11.2. The lowest BCUT2D eigenvalue weighted by molar-refractivity contribution is 0.0185. The number of hydrogen-bond acceptors (Lipinski definition) is 6. The number of pyridine rings is 1. The number of amides is 1. The van der Waals surface area contributed by atoms with Crippen LogP contribution in [0.5, 0.6) is 17.2 Å². The van der Waals surface area contributed by atoms with Crippen molar-refractivity contribution in [3.8, 4) is 17.2 Å². The second-order valence-corrected chi connectivity index (χ2v) is 9.39. The summed E-state index contributed by atoms with van der Waals surface area (Å²) < 4.78 is 18.4. The Bertz CT molecular complexity index is 1260. The summed E-state index contributed by atoms with van der Waals surface area (Å²) in [6.45, 7) is 6.02. The minimum absolute atomic E-state index is 0.0851. The van der Waals surface area contributed by atoms with Gasteiger partial charge >= 0.3 is 6.09 Å². The second-order valence-electron chi connectivity index (χ2n) is 9.39. The fourth-order valence-corrected chi connectivity index (χ4v) is 4.27. The average molecular weight is 466 g/mol. The summed E-state index contributed by atoms with van der Waals surface area (Å²) in [4.78, 5) is 19.3. The molecule has 0 saturated carbocycles. The highest BCUT2D eigenvalue weighted by atomic mass is 16.6. The lowest BCUT2D eigenvalue weighted by atomic mass is 9.91. The molecule has 180 valence electrons. The Morgan fingerprint density at radius 1 is 1.21 bits per heavy atom. The molecule has 8 nitrogen and oxygen atoms in total. The maximum atomic E-state index is 13.1. The molecule has 3 heterocycles. The van der Waals surface area contributed by atoms with Crippen molar-refractivity contribution in [1.29, 1.82) is 0 Å². The maximum absolute atomic E-state index is 13.1. The molecule has 1 aliphatic heterocycles. The Labute approximate surface area is 199 Å². The molecule has 1 N–H and O–H groups in total. The van der Waals surface area contributed by atoms with Gasteiger partial charge in [0.15, 0.2) is 11.5 Å². The van der Waals surface area contributed by atoms with E-state index in [0.717, 1.165) is 27.7 Å². The van der Waals surface area contributed by atoms with Gasteiger partial charge in [0.2, 0.25) is 0 Å². The summed E-state index contributed by atoms with van der Waals surface area (Å²) in [5, 5.41) is 11.2. The van der Waals surface area contributed by atoms with E-state index in [1.165, 1.54) is 7.11 Å². The molecule has 0 bridgehead atoms. The maximum Gasteiger partial charge on any atom is 0.411 e. The van der Waals surface area contributed by atoms with E-state index in [4.69, 9.17) is 14.2 Å². The van der Waals surface area contributed by atoms with E-state index in [-0.39, 0.29) is 11.8 Å². The fourth-order valence-electron chi connectivity index (χ4n) is 4.27. The van der Waals surface area contributed by atoms with Crippen LogP contribution in [0.2, 0.25) is 0 Å². The van der Waals surface area contributed by atoms with Gasteiger partial charge in [0.05, 0.1) is 26.5 Å². The summed E-state index contributed by atoms with van der Waals surface area (Å²) in [5.41, 5.74) is 3.02. The van der Waals surface area contributed by atoms with Crippen molar-refractivity contribution in [1.82, 2.24) is 14.5 Å². The number of phenolic OH excluding ortho intramolecular Hbond substituents is 1. The van der Waals surface area contributed by atoms with Gasteiger partial charge in [-0.2, -0.15) is 0 Å². The molecule has 0 radical (unpaired) electrons. The van der Waals surface area contributed by atoms with Crippen LogP contribution in [0.25, 0.3) is 17.1 Å². The molecule has 4 rings (SSSR count). The van der Waals surface area contributed by atoms with Crippen molar-refractivity contribution >= 4 is 23.2 Å². The minimum atomic E-state index is -0.615. The predicted octanol–water partition coefficient (Wildman–Crippen LogP) is 4.84. The SMILES string of the molecule is COc1cnc2c(c1)c(/C=C/C1c3cc(OC)c(O)cc3CCN1C(=O)OC(C)(C)C)cn2C. The topological polar surface area (TPSA) is 86.1 Å². The van der Waals surface area contributed by atoms with Gasteiger partial charge in [0.25, 0.3) is 0 Å². The van der Waals surface area contributed by atoms with E-state index in [1.807, 2.05) is 56.8 Å². The largest absolute Gasteiger partial charge is 0.504 e. The average Bonchev–Trinajstić information content (AvgIpc) is 3.10. The Morgan fingerprint density at radius 2 is 1.97 bits per heavy atom. The predicted molar refractivity (Wildman–Crippen MR) is 130 cm³/mol. The molecule has 0 aliphatic carbocycles. The number of ether oxygens (including phenoxy) is 3. The molecular formula is C26H31N3O5. The molecule has 3 aromatic rings. The van der Waals surface area contributed by atoms with Crippen LogP contribution in [-0.4, -0.2) is 52.0 Å². The Morgan fingerprint density at radius 3 is 2.65 bits per heavy atom. The molecule has 2 aromatic heterocycles. The lowest BCUT2D eigenvalue weighted by Gasteiger charge is -2.37. The number of aromatic hydroxyl groups is 1. The van der Waals surface area contributed by atoms with Crippen LogP contribution >= 0.6 is 0 Å². The third-order valence-corrected chi connectivity index (χ3v) is 5.86. The summed E-state index contributed by atoms with van der Waals surface area (Å²) in [6, 6.07) is 5.06. The number of aryl methyl sites for hydroxylation is 1. The number of rotatable bonds is 4. The van der Waals surface area contributed by atoms with Crippen molar-refractivity contribution in [2.75, 3.05) is 20.8 Å². The van der Waals surface area contributed by atoms with Crippen molar-refractivity contribution in [2.24, 2.45) is 7.05 Å². The van der Waals surface area contributed by atoms with Crippen LogP contribution in [0.3, 0.4) is 0 Å². The molecule has 0 saturated heterocycles. The molecule has 8 heteroatoms. The minimum Gasteiger partial charge on any atom is -0.504 e. The molecule has 1 amide bonds. The van der Waals surface area contributed by atoms with Crippen molar-refractivity contribution in [2.45, 2.75) is 38.8 Å². The van der Waals surface area contributed by atoms with Gasteiger partial charge in [0, 0.05) is 30.7 Å². The quantitative estimate of drug-likeness (QED) is 0.593. The Hall–Kier alpha value is -3.68. The summed E-state index contributed by atoms with van der Waals surface area (Å²) >= 11 is 0. The van der Waals surface area contributed by atoms with Crippen molar-refractivity contribution in [3.63, 3.8) is 0 Å². The first-order chi connectivity index (χ1) is 16.1. The van der Waals surface area contributed by atoms with Gasteiger partial charge in [-0.3, -0.25) is 4.90 Å². The summed E-state index contributed by atoms with van der Waals surface area (Å²) in [7, 11) is 5.06. The van der Waals surface area contributed by atoms with Gasteiger partial charge < -0.3 is 23.9 Å². The Balaban J connectivity index is 1.79. The number of phenols is 1. The number of carbonyl (C=O) groups excluding carboxylic acids is 1. The molecular weight excluding hydrogens is 434 g/mol. The molecule has 1 unspecified atom stereocenters. The van der Waals surface area contributed by atoms with Gasteiger partial charge in [-0.25, -0.2) is 9.78 Å². The van der Waals surface area contributed by atoms with Crippen molar-refractivity contribution in [3.05, 3.63) is 53.4 Å². The van der Waals surface area contributed by atoms with Gasteiger partial charge in [0.1, 0.15) is 17.0 Å². The molecule has 1 atom stereocenters. The zero-order chi connectivity index (χ0) is 24.6. The first kappa shape index (κ1) is 23.5. The number of benzene rings is 1. The molecule has 1 aromatic carbocycles. The number of hydrogen-bond donors (Lipinski definition) is 1. The number of aromatic nitrogens is 2. The molecule has 0 spiro atoms. The van der Waals surface area contributed by atoms with Crippen LogP contribution in [0.4, 0.5) is 4.79 Å². The van der Waals surface area contributed by atoms with Gasteiger partial charge in [-0.1, -0.05) is 12.2 Å². The van der Waals surface area contributed by atoms with Crippen LogP contribution in [0, 0.1) is 0 Å². The number of nitrogens with zero attached hydrogens (tertiary/aromatic N) is 3. The standard InChI is InChI=1S/C26H31N3O5/c1-26(2,3)34-25(31)29-10-9-16-11-22(30)23(33-6)13-19(16)21(29)8-7-17-15-28(4)24-20(17)12-18(32-5)14-27-24/h7-8,11-15,21,30H,9-10H2,1-6H3/b8-7+. The van der Waals surface area contributed by atoms with E-state index in [1.54, 1.807) is 30.3 Å². The van der Waals surface area contributed by atoms with Gasteiger partial charge in [-0.05, 0) is 56.5 Å². The first-order valence-corrected chi connectivity index (χ1v) is 11.2. The van der Waals surface area contributed by atoms with Gasteiger partial charge in [-0.15, -0.1) is 0 Å². The number of carbonyl (C=O) groups is 1. The third kappa shape index (κ3) is 4.53. The zero-order valence-corrected chi connectivity index (χ0v) is 20.5. The Kier molecular flexibility index (Phi) is 6.17. The van der Waals surface area contributed by atoms with E-state index < -0.39 is 11.6 Å². The highest BCUT2D eigenvalue weighted by molar-refractivity contribution is 5.88. The second kappa shape index (κ2) is 8.93. The lowest BCUT2D eigenvalue weighted by Crippen LogP contribution is -2.42. The highest BCUT2D eigenvalue weighted by Crippen LogP contribution is 2.39. The van der Waals surface area contributed by atoms with E-state index in [2.05, 4.69) is 4.98 Å². The van der Waals surface area contributed by atoms with Crippen LogP contribution in [0.15, 0.2) is 36.7 Å². The van der Waals surface area contributed by atoms with E-state index in [0.29, 0.717) is 24.5 Å². The fraction of sp³-hybridized carbons (Fsp3) is 0.385. The molecule has 34 heavy (non-hydrogen) atoms. The monoisotopic (exact) mass is 465 g/mol. The number of methoxy groups -OCH3 is 2. The van der Waals surface area contributed by atoms with Crippen LogP contribution < -0.4 is 9.47 Å². The summed E-state index contributed by atoms with van der Waals surface area (Å²) in [6.07, 6.45) is 7.86. The van der Waals surface area contributed by atoms with Crippen LogP contribution in [0.1, 0.15) is 43.5 Å². The normalized spacial score (nSPS) is 16.1. The summed E-state index contributed by atoms with van der Waals surface area (Å²) in [5.74, 6) is 1.12. The number of fused-ring (bicyclic) bond motifs is 2. The molecule has 0 fully saturated rings.